The molecule has 1 aliphatic carbocycles. The molecule has 1 fully saturated rings. The minimum absolute atomic E-state index is 0.00672. The van der Waals surface area contributed by atoms with Crippen LogP contribution in [-0.2, 0) is 11.3 Å². The highest BCUT2D eigenvalue weighted by atomic mass is 32.1. The van der Waals surface area contributed by atoms with Gasteiger partial charge in [0.25, 0.3) is 0 Å². The van der Waals surface area contributed by atoms with E-state index in [1.54, 1.807) is 23.3 Å². The first-order valence-corrected chi connectivity index (χ1v) is 7.24. The van der Waals surface area contributed by atoms with E-state index in [9.17, 15) is 9.90 Å². The van der Waals surface area contributed by atoms with E-state index in [0.29, 0.717) is 6.54 Å². The van der Waals surface area contributed by atoms with Crippen molar-refractivity contribution >= 4 is 17.2 Å². The van der Waals surface area contributed by atoms with Gasteiger partial charge in [-0.25, -0.2) is 4.98 Å². The van der Waals surface area contributed by atoms with Crippen LogP contribution in [0.3, 0.4) is 0 Å². The van der Waals surface area contributed by atoms with Gasteiger partial charge in [-0.3, -0.25) is 4.79 Å². The molecule has 1 aliphatic rings. The summed E-state index contributed by atoms with van der Waals surface area (Å²) in [5.41, 5.74) is 0.231. The molecule has 0 bridgehead atoms. The van der Waals surface area contributed by atoms with Gasteiger partial charge in [-0.2, -0.15) is 0 Å². The van der Waals surface area contributed by atoms with Crippen molar-refractivity contribution in [3.8, 4) is 0 Å². The van der Waals surface area contributed by atoms with Gasteiger partial charge in [-0.05, 0) is 19.8 Å². The Morgan fingerprint density at radius 1 is 1.56 bits per heavy atom. The van der Waals surface area contributed by atoms with E-state index in [2.05, 4.69) is 4.98 Å². The number of aliphatic hydroxyl groups is 1. The average Bonchev–Trinajstić information content (AvgIpc) is 2.88. The Kier molecular flexibility index (Phi) is 4.02. The minimum Gasteiger partial charge on any atom is -0.389 e. The third-order valence-corrected chi connectivity index (χ3v) is 4.43. The highest BCUT2D eigenvalue weighted by Crippen LogP contribution is 2.32. The van der Waals surface area contributed by atoms with Crippen LogP contribution in [0.25, 0.3) is 0 Å². The summed E-state index contributed by atoms with van der Waals surface area (Å²) in [5, 5.41) is 13.2. The molecule has 1 N–H and O–H groups in total. The Morgan fingerprint density at radius 2 is 2.22 bits per heavy atom. The molecule has 100 valence electrons. The van der Waals surface area contributed by atoms with E-state index in [0.717, 1.165) is 36.4 Å². The molecule has 0 aliphatic heterocycles. The number of thiazole rings is 1. The van der Waals surface area contributed by atoms with Crippen LogP contribution in [0.4, 0.5) is 0 Å². The van der Waals surface area contributed by atoms with E-state index in [4.69, 9.17) is 0 Å². The Bertz CT molecular complexity index is 424. The number of amides is 1. The van der Waals surface area contributed by atoms with Crippen LogP contribution in [-0.4, -0.2) is 33.5 Å². The molecule has 1 amide bonds. The number of rotatable bonds is 4. The van der Waals surface area contributed by atoms with Crippen LogP contribution in [0, 0.1) is 6.92 Å². The first-order chi connectivity index (χ1) is 8.48. The molecule has 0 spiro atoms. The van der Waals surface area contributed by atoms with E-state index in [-0.39, 0.29) is 12.3 Å². The maximum absolute atomic E-state index is 12.1. The van der Waals surface area contributed by atoms with Crippen molar-refractivity contribution in [1.82, 2.24) is 9.88 Å². The Balaban J connectivity index is 1.88. The van der Waals surface area contributed by atoms with Gasteiger partial charge in [-0.15, -0.1) is 11.3 Å². The van der Waals surface area contributed by atoms with Crippen molar-refractivity contribution in [1.29, 1.82) is 0 Å². The van der Waals surface area contributed by atoms with Crippen LogP contribution in [0.15, 0.2) is 5.38 Å². The van der Waals surface area contributed by atoms with Gasteiger partial charge in [0.2, 0.25) is 5.91 Å². The van der Waals surface area contributed by atoms with Gasteiger partial charge < -0.3 is 10.0 Å². The third kappa shape index (κ3) is 3.29. The number of hydrogen-bond acceptors (Lipinski definition) is 4. The quantitative estimate of drug-likeness (QED) is 0.910. The fraction of sp³-hybridized carbons (Fsp3) is 0.692. The summed E-state index contributed by atoms with van der Waals surface area (Å²) in [6, 6.07) is 0. The Labute approximate surface area is 112 Å². The average molecular weight is 268 g/mol. The predicted octanol–water partition coefficient (Wildman–Crippen LogP) is 2.11. The monoisotopic (exact) mass is 268 g/mol. The van der Waals surface area contributed by atoms with E-state index in [1.807, 2.05) is 12.3 Å². The number of aryl methyl sites for hydroxylation is 1. The molecule has 1 saturated carbocycles. The second-order valence-corrected chi connectivity index (χ2v) is 6.18. The number of nitrogens with zero attached hydrogens (tertiary/aromatic N) is 2. The lowest BCUT2D eigenvalue weighted by molar-refractivity contribution is -0.135. The summed E-state index contributed by atoms with van der Waals surface area (Å²) < 4.78 is 0. The van der Waals surface area contributed by atoms with Crippen molar-refractivity contribution in [3.05, 3.63) is 16.1 Å². The first kappa shape index (κ1) is 13.5. The molecule has 1 heterocycles. The highest BCUT2D eigenvalue weighted by Gasteiger charge is 2.34. The zero-order chi connectivity index (χ0) is 13.2. The summed E-state index contributed by atoms with van der Waals surface area (Å²) in [6.07, 6.45) is 3.80. The normalized spacial score (nSPS) is 17.9. The smallest absolute Gasteiger partial charge is 0.225 e. The Morgan fingerprint density at radius 3 is 2.78 bits per heavy atom. The molecule has 5 heteroatoms. The lowest BCUT2D eigenvalue weighted by Gasteiger charge is -2.24. The molecule has 0 atom stereocenters. The zero-order valence-corrected chi connectivity index (χ0v) is 11.8. The number of aromatic nitrogens is 1. The van der Waals surface area contributed by atoms with Crippen LogP contribution in [0.2, 0.25) is 0 Å². The molecule has 1 aromatic heterocycles. The summed E-state index contributed by atoms with van der Waals surface area (Å²) in [5.74, 6) is 0.00672. The third-order valence-electron chi connectivity index (χ3n) is 3.48. The topological polar surface area (TPSA) is 53.4 Å². The summed E-state index contributed by atoms with van der Waals surface area (Å²) in [4.78, 5) is 18.1. The van der Waals surface area contributed by atoms with E-state index in [1.165, 1.54) is 0 Å². The lowest BCUT2D eigenvalue weighted by Crippen LogP contribution is -2.35. The van der Waals surface area contributed by atoms with Gasteiger partial charge >= 0.3 is 0 Å². The van der Waals surface area contributed by atoms with Crippen LogP contribution in [0.5, 0.6) is 0 Å². The molecule has 4 nitrogen and oxygen atoms in total. The van der Waals surface area contributed by atoms with Crippen molar-refractivity contribution in [3.63, 3.8) is 0 Å². The summed E-state index contributed by atoms with van der Waals surface area (Å²) in [6.45, 7) is 2.48. The molecular formula is C13H20N2O2S. The number of carbonyl (C=O) groups is 1. The van der Waals surface area contributed by atoms with Gasteiger partial charge in [0.15, 0.2) is 0 Å². The molecule has 1 aromatic rings. The van der Waals surface area contributed by atoms with Gasteiger partial charge in [0.05, 0.1) is 18.6 Å². The molecule has 0 radical (unpaired) electrons. The van der Waals surface area contributed by atoms with Crippen LogP contribution < -0.4 is 0 Å². The summed E-state index contributed by atoms with van der Waals surface area (Å²) in [7, 11) is 1.78. The van der Waals surface area contributed by atoms with Gasteiger partial charge in [-0.1, -0.05) is 12.8 Å². The molecule has 2 rings (SSSR count). The maximum Gasteiger partial charge on any atom is 0.225 e. The maximum atomic E-state index is 12.1. The molecule has 0 aromatic carbocycles. The second kappa shape index (κ2) is 5.36. The summed E-state index contributed by atoms with van der Waals surface area (Å²) >= 11 is 1.57. The lowest BCUT2D eigenvalue weighted by atomic mass is 9.97. The van der Waals surface area contributed by atoms with Crippen molar-refractivity contribution < 1.29 is 9.90 Å². The molecule has 0 unspecified atom stereocenters. The van der Waals surface area contributed by atoms with Crippen LogP contribution >= 0.6 is 11.3 Å². The van der Waals surface area contributed by atoms with Crippen molar-refractivity contribution in [2.45, 2.75) is 51.2 Å². The van der Waals surface area contributed by atoms with E-state index >= 15 is 0 Å². The Hall–Kier alpha value is -0.940. The van der Waals surface area contributed by atoms with Crippen LogP contribution in [0.1, 0.15) is 42.8 Å². The fourth-order valence-corrected chi connectivity index (χ4v) is 3.22. The number of carbonyl (C=O) groups excluding carboxylic acids is 1. The minimum atomic E-state index is -0.760. The van der Waals surface area contributed by atoms with Crippen molar-refractivity contribution in [2.75, 3.05) is 7.05 Å². The molecule has 18 heavy (non-hydrogen) atoms. The highest BCUT2D eigenvalue weighted by molar-refractivity contribution is 7.09. The largest absolute Gasteiger partial charge is 0.389 e. The fourth-order valence-electron chi connectivity index (χ4n) is 2.39. The van der Waals surface area contributed by atoms with Gasteiger partial charge in [0.1, 0.15) is 5.01 Å². The van der Waals surface area contributed by atoms with E-state index < -0.39 is 5.60 Å². The second-order valence-electron chi connectivity index (χ2n) is 5.24. The SMILES string of the molecule is Cc1csc(CN(C)C(=O)CC2(O)CCCC2)n1. The zero-order valence-electron chi connectivity index (χ0n) is 11.0. The molecular weight excluding hydrogens is 248 g/mol. The predicted molar refractivity (Wildman–Crippen MR) is 71.4 cm³/mol. The standard InChI is InChI=1S/C13H20N2O2S/c1-10-9-18-11(14-10)8-15(2)12(16)7-13(17)5-3-4-6-13/h9,17H,3-8H2,1-2H3. The first-order valence-electron chi connectivity index (χ1n) is 6.36. The number of hydrogen-bond donors (Lipinski definition) is 1. The van der Waals surface area contributed by atoms with Gasteiger partial charge in [0, 0.05) is 18.1 Å². The molecule has 0 saturated heterocycles. The van der Waals surface area contributed by atoms with Crippen molar-refractivity contribution in [2.24, 2.45) is 0 Å².